The number of primary sulfonamides is 1. The number of nitrogens with two attached hydrogens (primary N) is 1. The second kappa shape index (κ2) is 7.41. The van der Waals surface area contributed by atoms with E-state index in [-0.39, 0.29) is 24.1 Å². The summed E-state index contributed by atoms with van der Waals surface area (Å²) in [5, 5.41) is 7.06. The van der Waals surface area contributed by atoms with Crippen LogP contribution in [0.3, 0.4) is 0 Å². The molecule has 2 aliphatic rings. The van der Waals surface area contributed by atoms with Gasteiger partial charge in [-0.05, 0) is 30.9 Å². The van der Waals surface area contributed by atoms with Crippen molar-refractivity contribution in [3.05, 3.63) is 47.7 Å². The number of anilines is 1. The average Bonchev–Trinajstić information content (AvgIpc) is 3.04. The van der Waals surface area contributed by atoms with E-state index in [9.17, 15) is 30.8 Å². The van der Waals surface area contributed by atoms with Gasteiger partial charge in [-0.3, -0.25) is 4.79 Å². The van der Waals surface area contributed by atoms with E-state index in [0.29, 0.717) is 0 Å². The zero-order valence-corrected chi connectivity index (χ0v) is 17.6. The largest absolute Gasteiger partial charge is 0.493 e. The molecule has 4 rings (SSSR count). The van der Waals surface area contributed by atoms with E-state index in [4.69, 9.17) is 9.88 Å². The first kappa shape index (κ1) is 22.5. The molecule has 1 spiro atoms. The van der Waals surface area contributed by atoms with E-state index in [1.807, 2.05) is 0 Å². The predicted octanol–water partition coefficient (Wildman–Crippen LogP) is 3.17. The van der Waals surface area contributed by atoms with Gasteiger partial charge in [0.2, 0.25) is 11.7 Å². The maximum atomic E-state index is 14.3. The van der Waals surface area contributed by atoms with Crippen LogP contribution in [0.2, 0.25) is 0 Å². The van der Waals surface area contributed by atoms with Crippen LogP contribution in [0, 0.1) is 23.0 Å². The van der Waals surface area contributed by atoms with Gasteiger partial charge < -0.3 is 10.1 Å². The van der Waals surface area contributed by atoms with E-state index < -0.39 is 67.9 Å². The number of methoxy groups -OCH3 is 1. The fourth-order valence-electron chi connectivity index (χ4n) is 4.56. The van der Waals surface area contributed by atoms with Crippen molar-refractivity contribution in [2.45, 2.75) is 36.1 Å². The van der Waals surface area contributed by atoms with Crippen LogP contribution in [0.25, 0.3) is 0 Å². The van der Waals surface area contributed by atoms with Gasteiger partial charge in [-0.25, -0.2) is 31.7 Å². The molecule has 32 heavy (non-hydrogen) atoms. The molecule has 12 heteroatoms. The average molecular weight is 473 g/mol. The molecule has 2 saturated carbocycles. The van der Waals surface area contributed by atoms with Crippen molar-refractivity contribution in [3.63, 3.8) is 0 Å². The molecule has 1 heterocycles. The Morgan fingerprint density at radius 1 is 1.25 bits per heavy atom. The number of nitrogens with zero attached hydrogens (tertiary/aromatic N) is 1. The molecule has 0 radical (unpaired) electrons. The number of aromatic nitrogens is 1. The van der Waals surface area contributed by atoms with Crippen LogP contribution < -0.4 is 15.2 Å². The Balaban J connectivity index is 1.69. The molecule has 2 aliphatic carbocycles. The summed E-state index contributed by atoms with van der Waals surface area (Å²) in [4.78, 5) is 16.7. The summed E-state index contributed by atoms with van der Waals surface area (Å²) in [5.74, 6) is -8.39. The lowest BCUT2D eigenvalue weighted by Gasteiger charge is -2.22. The number of hydrogen-bond acceptors (Lipinski definition) is 5. The summed E-state index contributed by atoms with van der Waals surface area (Å²) < 4.78 is 84.3. The topological polar surface area (TPSA) is 111 Å². The molecule has 1 amide bonds. The van der Waals surface area contributed by atoms with Crippen LogP contribution in [0.15, 0.2) is 35.5 Å². The molecule has 3 N–H and O–H groups in total. The van der Waals surface area contributed by atoms with Gasteiger partial charge in [-0.2, -0.15) is 4.39 Å². The van der Waals surface area contributed by atoms with E-state index in [1.165, 1.54) is 12.1 Å². The minimum atomic E-state index is -4.13. The van der Waals surface area contributed by atoms with Crippen molar-refractivity contribution in [1.82, 2.24) is 4.98 Å². The summed E-state index contributed by atoms with van der Waals surface area (Å²) in [6.45, 7) is 0. The Bertz CT molecular complexity index is 1210. The highest BCUT2D eigenvalue weighted by Gasteiger charge is 2.75. The lowest BCUT2D eigenvalue weighted by Crippen LogP contribution is -2.26. The van der Waals surface area contributed by atoms with E-state index in [1.54, 1.807) is 0 Å². The van der Waals surface area contributed by atoms with Crippen LogP contribution in [0.1, 0.15) is 30.7 Å². The molecule has 172 valence electrons. The quantitative estimate of drug-likeness (QED) is 0.648. The van der Waals surface area contributed by atoms with Crippen LogP contribution in [-0.4, -0.2) is 32.3 Å². The van der Waals surface area contributed by atoms with Crippen LogP contribution in [-0.2, 0) is 14.8 Å². The number of alkyl halides is 2. The third-order valence-electron chi connectivity index (χ3n) is 6.23. The second-order valence-electron chi connectivity index (χ2n) is 8.18. The number of amides is 1. The number of halogens is 4. The van der Waals surface area contributed by atoms with E-state index >= 15 is 0 Å². The molecule has 0 bridgehead atoms. The molecule has 7 nitrogen and oxygen atoms in total. The lowest BCUT2D eigenvalue weighted by molar-refractivity contribution is -0.120. The maximum Gasteiger partial charge on any atom is 0.255 e. The Hall–Kier alpha value is -2.73. The summed E-state index contributed by atoms with van der Waals surface area (Å²) >= 11 is 0. The molecular weight excluding hydrogens is 454 g/mol. The fourth-order valence-corrected chi connectivity index (χ4v) is 5.06. The van der Waals surface area contributed by atoms with Crippen molar-refractivity contribution < 1.29 is 35.5 Å². The predicted molar refractivity (Wildman–Crippen MR) is 105 cm³/mol. The molecule has 2 fully saturated rings. The molecule has 3 atom stereocenters. The number of carbonyl (C=O) groups is 1. The van der Waals surface area contributed by atoms with E-state index in [2.05, 4.69) is 10.3 Å². The van der Waals surface area contributed by atoms with Crippen molar-refractivity contribution >= 4 is 21.6 Å². The summed E-state index contributed by atoms with van der Waals surface area (Å²) in [5.41, 5.74) is -1.25. The number of rotatable bonds is 5. The van der Waals surface area contributed by atoms with Gasteiger partial charge in [0.1, 0.15) is 0 Å². The second-order valence-corrected chi connectivity index (χ2v) is 9.69. The Labute approximate surface area is 181 Å². The SMILES string of the molecule is COc1c([C@@H]2C[C@]3(CC2C(=O)Nc2ccnc(S(N)(=O)=O)c2)CC3(F)F)ccc(F)c1F. The number of nitrogens with one attached hydrogen (secondary N) is 1. The van der Waals surface area contributed by atoms with Crippen LogP contribution >= 0.6 is 0 Å². The smallest absolute Gasteiger partial charge is 0.255 e. The van der Waals surface area contributed by atoms with Crippen molar-refractivity contribution in [1.29, 1.82) is 0 Å². The fraction of sp³-hybridized carbons (Fsp3) is 0.400. The molecule has 1 aromatic heterocycles. The van der Waals surface area contributed by atoms with E-state index in [0.717, 1.165) is 25.4 Å². The van der Waals surface area contributed by atoms with Crippen LogP contribution in [0.4, 0.5) is 23.2 Å². The van der Waals surface area contributed by atoms with Crippen molar-refractivity contribution in [3.8, 4) is 5.75 Å². The Kier molecular flexibility index (Phi) is 5.20. The van der Waals surface area contributed by atoms with Crippen molar-refractivity contribution in [2.75, 3.05) is 12.4 Å². The summed E-state index contributed by atoms with van der Waals surface area (Å²) in [7, 11) is -3.01. The van der Waals surface area contributed by atoms with Gasteiger partial charge in [-0.1, -0.05) is 6.07 Å². The van der Waals surface area contributed by atoms with Gasteiger partial charge in [-0.15, -0.1) is 0 Å². The zero-order chi connectivity index (χ0) is 23.5. The summed E-state index contributed by atoms with van der Waals surface area (Å²) in [6.07, 6.45) is 0.428. The molecule has 2 aromatic rings. The summed E-state index contributed by atoms with van der Waals surface area (Å²) in [6, 6.07) is 4.44. The Morgan fingerprint density at radius 3 is 2.53 bits per heavy atom. The van der Waals surface area contributed by atoms with Crippen LogP contribution in [0.5, 0.6) is 5.75 Å². The number of pyridine rings is 1. The number of carbonyl (C=O) groups excluding carboxylic acids is 1. The zero-order valence-electron chi connectivity index (χ0n) is 16.7. The van der Waals surface area contributed by atoms with Gasteiger partial charge in [0.05, 0.1) is 7.11 Å². The molecule has 0 saturated heterocycles. The van der Waals surface area contributed by atoms with Gasteiger partial charge in [0.15, 0.2) is 16.6 Å². The number of benzene rings is 1. The molecule has 1 unspecified atom stereocenters. The Morgan fingerprint density at radius 2 is 1.94 bits per heavy atom. The standard InChI is InChI=1S/C20H19F4N3O4S/c1-31-17-11(2-3-14(21)16(17)22)12-7-19(9-20(19,23)24)8-13(12)18(28)27-10-4-5-26-15(6-10)32(25,29)30/h2-6,12-13H,7-9H2,1H3,(H2,25,29,30)(H,26,27,28)/t12-,13?,19-/m0/s1. The van der Waals surface area contributed by atoms with Gasteiger partial charge >= 0.3 is 0 Å². The number of sulfonamides is 1. The maximum absolute atomic E-state index is 14.3. The monoisotopic (exact) mass is 473 g/mol. The highest BCUT2D eigenvalue weighted by atomic mass is 32.2. The first-order valence-corrected chi connectivity index (χ1v) is 11.1. The first-order chi connectivity index (χ1) is 14.9. The van der Waals surface area contributed by atoms with Gasteiger partial charge in [0, 0.05) is 41.3 Å². The normalized spacial score (nSPS) is 26.2. The highest BCUT2D eigenvalue weighted by Crippen LogP contribution is 2.72. The minimum Gasteiger partial charge on any atom is -0.493 e. The third kappa shape index (κ3) is 3.71. The first-order valence-electron chi connectivity index (χ1n) is 9.58. The molecule has 0 aliphatic heterocycles. The highest BCUT2D eigenvalue weighted by molar-refractivity contribution is 7.89. The number of hydrogen-bond donors (Lipinski definition) is 2. The minimum absolute atomic E-state index is 0.0496. The third-order valence-corrected chi connectivity index (χ3v) is 7.04. The molecular formula is C20H19F4N3O4S. The number of ether oxygens (including phenoxy) is 1. The van der Waals surface area contributed by atoms with Crippen molar-refractivity contribution in [2.24, 2.45) is 16.5 Å². The molecule has 1 aromatic carbocycles. The lowest BCUT2D eigenvalue weighted by atomic mass is 9.87. The van der Waals surface area contributed by atoms with Gasteiger partial charge in [0.25, 0.3) is 15.9 Å².